The Hall–Kier alpha value is -4.10. The zero-order valence-electron chi connectivity index (χ0n) is 20.9. The summed E-state index contributed by atoms with van der Waals surface area (Å²) in [5.41, 5.74) is 11.1. The normalized spacial score (nSPS) is 18.4. The molecule has 1 heteroatoms. The van der Waals surface area contributed by atoms with Gasteiger partial charge in [-0.2, -0.15) is 0 Å². The van der Waals surface area contributed by atoms with Crippen LogP contribution in [-0.2, 0) is 10.8 Å². The van der Waals surface area contributed by atoms with Crippen molar-refractivity contribution in [1.82, 2.24) is 0 Å². The minimum atomic E-state index is -0.217. The van der Waals surface area contributed by atoms with E-state index in [9.17, 15) is 0 Å². The SMILES string of the molecule is CC1(C)c2ccccc2Oc2c(-c3cccc4c3-c3ccccc3C4(C)c3ccccc3)cccc21. The zero-order chi connectivity index (χ0) is 24.5. The molecule has 0 saturated heterocycles. The van der Waals surface area contributed by atoms with Gasteiger partial charge in [-0.05, 0) is 46.4 Å². The minimum Gasteiger partial charge on any atom is -0.456 e. The molecule has 7 rings (SSSR count). The molecule has 2 aliphatic rings. The summed E-state index contributed by atoms with van der Waals surface area (Å²) in [6, 6.07) is 41.6. The fraction of sp³-hybridized carbons (Fsp3) is 0.143. The van der Waals surface area contributed by atoms with Crippen LogP contribution in [0, 0.1) is 0 Å². The Morgan fingerprint density at radius 1 is 0.472 bits per heavy atom. The van der Waals surface area contributed by atoms with Crippen molar-refractivity contribution >= 4 is 0 Å². The molecule has 1 aliphatic carbocycles. The van der Waals surface area contributed by atoms with Gasteiger partial charge in [-0.1, -0.05) is 123 Å². The Morgan fingerprint density at radius 2 is 1.06 bits per heavy atom. The standard InChI is InChI=1S/C35H28O/c1-34(2)28-19-9-10-22-31(28)36-33-25(17-12-21-30(33)34)24-16-11-20-29-32(24)26-15-7-8-18-27(26)35(29,3)23-13-5-4-6-14-23/h4-22H,1-3H3. The number of hydrogen-bond donors (Lipinski definition) is 0. The molecule has 1 atom stereocenters. The summed E-state index contributed by atoms with van der Waals surface area (Å²) in [5.74, 6) is 1.92. The van der Waals surface area contributed by atoms with Crippen LogP contribution in [0.15, 0.2) is 115 Å². The highest BCUT2D eigenvalue weighted by molar-refractivity contribution is 5.95. The van der Waals surface area contributed by atoms with Crippen molar-refractivity contribution in [3.05, 3.63) is 143 Å². The van der Waals surface area contributed by atoms with Crippen molar-refractivity contribution in [2.45, 2.75) is 31.6 Å². The summed E-state index contributed by atoms with van der Waals surface area (Å²) in [4.78, 5) is 0. The van der Waals surface area contributed by atoms with E-state index in [4.69, 9.17) is 4.74 Å². The average molecular weight is 465 g/mol. The van der Waals surface area contributed by atoms with Crippen molar-refractivity contribution < 1.29 is 4.74 Å². The molecular formula is C35H28O. The number of benzene rings is 5. The van der Waals surface area contributed by atoms with Crippen LogP contribution in [0.5, 0.6) is 11.5 Å². The Bertz CT molecular complexity index is 1640. The highest BCUT2D eigenvalue weighted by Crippen LogP contribution is 2.57. The molecule has 0 spiro atoms. The maximum absolute atomic E-state index is 6.68. The van der Waals surface area contributed by atoms with Gasteiger partial charge in [-0.3, -0.25) is 0 Å². The van der Waals surface area contributed by atoms with Gasteiger partial charge in [-0.15, -0.1) is 0 Å². The molecule has 36 heavy (non-hydrogen) atoms. The van der Waals surface area contributed by atoms with Gasteiger partial charge >= 0.3 is 0 Å². The van der Waals surface area contributed by atoms with Crippen LogP contribution in [0.1, 0.15) is 48.6 Å². The molecule has 0 N–H and O–H groups in total. The van der Waals surface area contributed by atoms with Crippen LogP contribution in [0.3, 0.4) is 0 Å². The molecule has 1 unspecified atom stereocenters. The largest absolute Gasteiger partial charge is 0.456 e. The highest BCUT2D eigenvalue weighted by Gasteiger charge is 2.42. The second kappa shape index (κ2) is 7.45. The molecule has 1 nitrogen and oxygen atoms in total. The van der Waals surface area contributed by atoms with E-state index in [1.807, 2.05) is 0 Å². The molecule has 0 aromatic heterocycles. The smallest absolute Gasteiger partial charge is 0.139 e. The second-order valence-corrected chi connectivity index (χ2v) is 10.7. The number of para-hydroxylation sites is 2. The van der Waals surface area contributed by atoms with Gasteiger partial charge in [0, 0.05) is 27.5 Å². The van der Waals surface area contributed by atoms with Crippen molar-refractivity contribution in [1.29, 1.82) is 0 Å². The molecule has 1 aliphatic heterocycles. The third kappa shape index (κ3) is 2.72. The van der Waals surface area contributed by atoms with Gasteiger partial charge in [0.1, 0.15) is 11.5 Å². The van der Waals surface area contributed by atoms with Crippen LogP contribution < -0.4 is 4.74 Å². The Kier molecular flexibility index (Phi) is 4.39. The van der Waals surface area contributed by atoms with Crippen LogP contribution in [0.25, 0.3) is 22.3 Å². The number of fused-ring (bicyclic) bond motifs is 5. The lowest BCUT2D eigenvalue weighted by Gasteiger charge is -2.35. The minimum absolute atomic E-state index is 0.144. The molecule has 0 amide bonds. The first-order valence-electron chi connectivity index (χ1n) is 12.7. The van der Waals surface area contributed by atoms with E-state index in [0.717, 1.165) is 17.1 Å². The van der Waals surface area contributed by atoms with Crippen LogP contribution in [-0.4, -0.2) is 0 Å². The van der Waals surface area contributed by atoms with Crippen molar-refractivity contribution in [3.63, 3.8) is 0 Å². The Balaban J connectivity index is 1.52. The topological polar surface area (TPSA) is 9.23 Å². The van der Waals surface area contributed by atoms with Crippen LogP contribution in [0.2, 0.25) is 0 Å². The predicted octanol–water partition coefficient (Wildman–Crippen LogP) is 9.12. The van der Waals surface area contributed by atoms with Crippen LogP contribution >= 0.6 is 0 Å². The molecule has 0 bridgehead atoms. The molecule has 0 saturated carbocycles. The lowest BCUT2D eigenvalue weighted by atomic mass is 9.73. The lowest BCUT2D eigenvalue weighted by molar-refractivity contribution is 0.419. The van der Waals surface area contributed by atoms with Crippen molar-refractivity contribution in [2.75, 3.05) is 0 Å². The van der Waals surface area contributed by atoms with Crippen molar-refractivity contribution in [2.24, 2.45) is 0 Å². The maximum Gasteiger partial charge on any atom is 0.139 e. The zero-order valence-corrected chi connectivity index (χ0v) is 20.9. The van der Waals surface area contributed by atoms with Gasteiger partial charge in [0.25, 0.3) is 0 Å². The summed E-state index contributed by atoms with van der Waals surface area (Å²) < 4.78 is 6.68. The number of rotatable bonds is 2. The average Bonchev–Trinajstić information content (AvgIpc) is 3.19. The van der Waals surface area contributed by atoms with E-state index in [0.29, 0.717) is 0 Å². The first-order chi connectivity index (χ1) is 17.5. The number of ether oxygens (including phenoxy) is 1. The number of hydrogen-bond acceptors (Lipinski definition) is 1. The first-order valence-corrected chi connectivity index (χ1v) is 12.7. The summed E-state index contributed by atoms with van der Waals surface area (Å²) in [5, 5.41) is 0. The second-order valence-electron chi connectivity index (χ2n) is 10.7. The molecule has 174 valence electrons. The fourth-order valence-corrected chi connectivity index (χ4v) is 6.53. The first kappa shape index (κ1) is 21.2. The molecular weight excluding hydrogens is 436 g/mol. The van der Waals surface area contributed by atoms with E-state index in [1.54, 1.807) is 0 Å². The van der Waals surface area contributed by atoms with Gasteiger partial charge in [0.15, 0.2) is 0 Å². The predicted molar refractivity (Wildman–Crippen MR) is 148 cm³/mol. The van der Waals surface area contributed by atoms with E-state index >= 15 is 0 Å². The monoisotopic (exact) mass is 464 g/mol. The third-order valence-electron chi connectivity index (χ3n) is 8.44. The quantitative estimate of drug-likeness (QED) is 0.253. The van der Waals surface area contributed by atoms with Gasteiger partial charge in [0.2, 0.25) is 0 Å². The summed E-state index contributed by atoms with van der Waals surface area (Å²) in [6.07, 6.45) is 0. The molecule has 0 fully saturated rings. The highest BCUT2D eigenvalue weighted by atomic mass is 16.5. The van der Waals surface area contributed by atoms with Gasteiger partial charge in [-0.25, -0.2) is 0 Å². The molecule has 1 heterocycles. The van der Waals surface area contributed by atoms with Crippen LogP contribution in [0.4, 0.5) is 0 Å². The summed E-state index contributed by atoms with van der Waals surface area (Å²) >= 11 is 0. The van der Waals surface area contributed by atoms with Gasteiger partial charge in [0.05, 0.1) is 0 Å². The van der Waals surface area contributed by atoms with E-state index in [-0.39, 0.29) is 10.8 Å². The van der Waals surface area contributed by atoms with Gasteiger partial charge < -0.3 is 4.74 Å². The maximum atomic E-state index is 6.68. The van der Waals surface area contributed by atoms with E-state index in [1.165, 1.54) is 44.5 Å². The summed E-state index contributed by atoms with van der Waals surface area (Å²) in [7, 11) is 0. The summed E-state index contributed by atoms with van der Waals surface area (Å²) in [6.45, 7) is 6.97. The fourth-order valence-electron chi connectivity index (χ4n) is 6.53. The van der Waals surface area contributed by atoms with E-state index in [2.05, 4.69) is 136 Å². The molecule has 5 aromatic rings. The third-order valence-corrected chi connectivity index (χ3v) is 8.44. The molecule has 5 aromatic carbocycles. The molecule has 0 radical (unpaired) electrons. The van der Waals surface area contributed by atoms with E-state index < -0.39 is 0 Å². The Morgan fingerprint density at radius 3 is 1.86 bits per heavy atom. The lowest BCUT2D eigenvalue weighted by Crippen LogP contribution is -2.24. The Labute approximate surface area is 213 Å². The van der Waals surface area contributed by atoms with Crippen molar-refractivity contribution in [3.8, 4) is 33.8 Å².